The standard InChI is InChI=1S/C16H22O12/c17-11(18)5-1-3-9(15(23)24)27-13(21)7-8-14(22)28-10(16(25)26)4-2-6-12(19)20/h9-10H,1-8H2,(H,17,18)(H,19,20)(H,23,24)(H,25,26). The predicted molar refractivity (Wildman–Crippen MR) is 87.2 cm³/mol. The molecule has 28 heavy (non-hydrogen) atoms. The fourth-order valence-electron chi connectivity index (χ4n) is 1.98. The lowest BCUT2D eigenvalue weighted by Crippen LogP contribution is -2.29. The van der Waals surface area contributed by atoms with Crippen LogP contribution in [0.15, 0.2) is 0 Å². The third-order valence-electron chi connectivity index (χ3n) is 3.35. The van der Waals surface area contributed by atoms with Crippen LogP contribution in [0.1, 0.15) is 51.4 Å². The van der Waals surface area contributed by atoms with E-state index >= 15 is 0 Å². The monoisotopic (exact) mass is 406 g/mol. The Kier molecular flexibility index (Phi) is 11.6. The smallest absolute Gasteiger partial charge is 0.345 e. The van der Waals surface area contributed by atoms with Crippen molar-refractivity contribution in [2.45, 2.75) is 63.6 Å². The molecule has 4 N–H and O–H groups in total. The highest BCUT2D eigenvalue weighted by molar-refractivity contribution is 5.82. The molecule has 0 aliphatic heterocycles. The number of hydrogen-bond donors (Lipinski definition) is 4. The summed E-state index contributed by atoms with van der Waals surface area (Å²) < 4.78 is 9.33. The first-order valence-corrected chi connectivity index (χ1v) is 8.31. The first-order valence-electron chi connectivity index (χ1n) is 8.31. The summed E-state index contributed by atoms with van der Waals surface area (Å²) in [5, 5.41) is 34.9. The zero-order valence-electron chi connectivity index (χ0n) is 14.9. The van der Waals surface area contributed by atoms with E-state index in [1.165, 1.54) is 0 Å². The summed E-state index contributed by atoms with van der Waals surface area (Å²) in [5.41, 5.74) is 0. The average Bonchev–Trinajstić information content (AvgIpc) is 2.57. The van der Waals surface area contributed by atoms with Gasteiger partial charge in [0, 0.05) is 12.8 Å². The van der Waals surface area contributed by atoms with Crippen molar-refractivity contribution in [1.29, 1.82) is 0 Å². The first kappa shape index (κ1) is 24.8. The van der Waals surface area contributed by atoms with Gasteiger partial charge in [-0.05, 0) is 25.7 Å². The Morgan fingerprint density at radius 1 is 0.571 bits per heavy atom. The molecule has 0 aromatic heterocycles. The van der Waals surface area contributed by atoms with Gasteiger partial charge in [0.25, 0.3) is 0 Å². The normalized spacial score (nSPS) is 12.4. The Balaban J connectivity index is 4.39. The van der Waals surface area contributed by atoms with Crippen molar-refractivity contribution < 1.29 is 58.7 Å². The molecule has 12 nitrogen and oxygen atoms in total. The second kappa shape index (κ2) is 13.1. The third kappa shape index (κ3) is 12.2. The number of carbonyl (C=O) groups excluding carboxylic acids is 2. The van der Waals surface area contributed by atoms with Crippen LogP contribution in [0.3, 0.4) is 0 Å². The summed E-state index contributed by atoms with van der Waals surface area (Å²) in [6, 6.07) is 0. The van der Waals surface area contributed by atoms with Gasteiger partial charge in [-0.25, -0.2) is 9.59 Å². The van der Waals surface area contributed by atoms with Crippen LogP contribution in [0.5, 0.6) is 0 Å². The van der Waals surface area contributed by atoms with Crippen molar-refractivity contribution in [3.8, 4) is 0 Å². The minimum Gasteiger partial charge on any atom is -0.481 e. The number of carboxylic acids is 4. The molecule has 0 saturated heterocycles. The molecule has 0 aromatic carbocycles. The minimum atomic E-state index is -1.56. The molecule has 0 spiro atoms. The Morgan fingerprint density at radius 3 is 1.14 bits per heavy atom. The van der Waals surface area contributed by atoms with Crippen LogP contribution < -0.4 is 0 Å². The van der Waals surface area contributed by atoms with Gasteiger partial charge in [0.1, 0.15) is 0 Å². The molecule has 0 aliphatic carbocycles. The average molecular weight is 406 g/mol. The van der Waals surface area contributed by atoms with E-state index in [2.05, 4.69) is 9.47 Å². The van der Waals surface area contributed by atoms with E-state index in [1.54, 1.807) is 0 Å². The molecule has 0 radical (unpaired) electrons. The number of esters is 2. The van der Waals surface area contributed by atoms with Crippen LogP contribution in [-0.2, 0) is 38.2 Å². The Morgan fingerprint density at radius 2 is 0.893 bits per heavy atom. The molecule has 12 heteroatoms. The van der Waals surface area contributed by atoms with E-state index in [0.717, 1.165) is 0 Å². The van der Waals surface area contributed by atoms with E-state index in [9.17, 15) is 28.8 Å². The van der Waals surface area contributed by atoms with Gasteiger partial charge < -0.3 is 29.9 Å². The molecular formula is C16H22O12. The summed E-state index contributed by atoms with van der Waals surface area (Å²) in [4.78, 5) is 66.1. The molecular weight excluding hydrogens is 384 g/mol. The van der Waals surface area contributed by atoms with Crippen LogP contribution in [0.4, 0.5) is 0 Å². The Bertz CT molecular complexity index is 544. The van der Waals surface area contributed by atoms with Gasteiger partial charge in [-0.15, -0.1) is 0 Å². The van der Waals surface area contributed by atoms with E-state index in [-0.39, 0.29) is 38.5 Å². The van der Waals surface area contributed by atoms with E-state index in [4.69, 9.17) is 20.4 Å². The van der Waals surface area contributed by atoms with E-state index < -0.39 is 60.9 Å². The largest absolute Gasteiger partial charge is 0.481 e. The highest BCUT2D eigenvalue weighted by atomic mass is 16.6. The van der Waals surface area contributed by atoms with Gasteiger partial charge in [-0.1, -0.05) is 0 Å². The van der Waals surface area contributed by atoms with Crippen molar-refractivity contribution in [2.24, 2.45) is 0 Å². The van der Waals surface area contributed by atoms with Crippen molar-refractivity contribution in [3.05, 3.63) is 0 Å². The molecule has 158 valence electrons. The van der Waals surface area contributed by atoms with Gasteiger partial charge in [-0.3, -0.25) is 19.2 Å². The second-order valence-electron chi connectivity index (χ2n) is 5.71. The molecule has 0 saturated carbocycles. The summed E-state index contributed by atoms with van der Waals surface area (Å²) in [5.74, 6) is -7.28. The van der Waals surface area contributed by atoms with E-state index in [0.29, 0.717) is 0 Å². The van der Waals surface area contributed by atoms with Crippen molar-refractivity contribution >= 4 is 35.8 Å². The van der Waals surface area contributed by atoms with Gasteiger partial charge in [-0.2, -0.15) is 0 Å². The molecule has 0 amide bonds. The van der Waals surface area contributed by atoms with Crippen LogP contribution in [-0.4, -0.2) is 68.4 Å². The fourth-order valence-corrected chi connectivity index (χ4v) is 1.98. The summed E-state index contributed by atoms with van der Waals surface area (Å²) in [7, 11) is 0. The summed E-state index contributed by atoms with van der Waals surface area (Å²) in [6.07, 6.45) is -5.36. The van der Waals surface area contributed by atoms with Crippen molar-refractivity contribution in [2.75, 3.05) is 0 Å². The molecule has 2 atom stereocenters. The number of rotatable bonds is 15. The number of carbonyl (C=O) groups is 6. The van der Waals surface area contributed by atoms with Gasteiger partial charge in [0.2, 0.25) is 0 Å². The maximum Gasteiger partial charge on any atom is 0.345 e. The molecule has 0 bridgehead atoms. The molecule has 0 aromatic rings. The zero-order chi connectivity index (χ0) is 21.7. The number of carboxylic acid groups (broad SMARTS) is 4. The Labute approximate surface area is 159 Å². The molecule has 0 heterocycles. The van der Waals surface area contributed by atoms with Crippen LogP contribution >= 0.6 is 0 Å². The fraction of sp³-hybridized carbons (Fsp3) is 0.625. The maximum atomic E-state index is 11.6. The SMILES string of the molecule is O=C(O)CCCC(OC(=O)CCC(=O)OC(CCCC(=O)O)C(=O)O)C(=O)O. The molecule has 0 rings (SSSR count). The zero-order valence-corrected chi connectivity index (χ0v) is 14.9. The van der Waals surface area contributed by atoms with Crippen molar-refractivity contribution in [3.63, 3.8) is 0 Å². The predicted octanol–water partition coefficient (Wildman–Crippen LogP) is 0.269. The van der Waals surface area contributed by atoms with Crippen molar-refractivity contribution in [1.82, 2.24) is 0 Å². The maximum absolute atomic E-state index is 11.6. The lowest BCUT2D eigenvalue weighted by Gasteiger charge is -2.14. The number of ether oxygens (including phenoxy) is 2. The highest BCUT2D eigenvalue weighted by Crippen LogP contribution is 2.10. The number of hydrogen-bond acceptors (Lipinski definition) is 8. The Hall–Kier alpha value is -3.18. The lowest BCUT2D eigenvalue weighted by molar-refractivity contribution is -0.168. The molecule has 0 fully saturated rings. The van der Waals surface area contributed by atoms with Crippen LogP contribution in [0.2, 0.25) is 0 Å². The summed E-state index contributed by atoms with van der Waals surface area (Å²) in [6.45, 7) is 0. The van der Waals surface area contributed by atoms with Gasteiger partial charge in [0.15, 0.2) is 12.2 Å². The molecule has 0 aliphatic rings. The lowest BCUT2D eigenvalue weighted by atomic mass is 10.1. The van der Waals surface area contributed by atoms with E-state index in [1.807, 2.05) is 0 Å². The first-order chi connectivity index (χ1) is 13.0. The van der Waals surface area contributed by atoms with Crippen LogP contribution in [0.25, 0.3) is 0 Å². The minimum absolute atomic E-state index is 0.0295. The third-order valence-corrected chi connectivity index (χ3v) is 3.35. The van der Waals surface area contributed by atoms with Gasteiger partial charge >= 0.3 is 35.8 Å². The topological polar surface area (TPSA) is 202 Å². The number of aliphatic carboxylic acids is 4. The van der Waals surface area contributed by atoms with Gasteiger partial charge in [0.05, 0.1) is 12.8 Å². The second-order valence-corrected chi connectivity index (χ2v) is 5.71. The molecule has 2 unspecified atom stereocenters. The van der Waals surface area contributed by atoms with Crippen LogP contribution in [0, 0.1) is 0 Å². The summed E-state index contributed by atoms with van der Waals surface area (Å²) >= 11 is 0. The quantitative estimate of drug-likeness (QED) is 0.271. The highest BCUT2D eigenvalue weighted by Gasteiger charge is 2.25.